The predicted octanol–water partition coefficient (Wildman–Crippen LogP) is 6.90. The molecule has 1 aliphatic rings. The molecule has 3 heteroatoms. The molecule has 2 aromatic rings. The van der Waals surface area contributed by atoms with Crippen LogP contribution in [0.4, 0.5) is 0 Å². The summed E-state index contributed by atoms with van der Waals surface area (Å²) in [5, 5.41) is 1.45. The number of hydrogen-bond acceptors (Lipinski definition) is 1. The Bertz CT molecular complexity index is 705. The number of ether oxygens (including phenoxy) is 1. The molecule has 3 rings (SSSR count). The molecular weight excluding hydrogens is 339 g/mol. The molecule has 1 unspecified atom stereocenters. The summed E-state index contributed by atoms with van der Waals surface area (Å²) in [6, 6.07) is 12.8. The maximum absolute atomic E-state index is 6.53. The molecule has 0 radical (unpaired) electrons. The van der Waals surface area contributed by atoms with Crippen LogP contribution in [-0.2, 0) is 10.3 Å². The quantitative estimate of drug-likeness (QED) is 0.574. The van der Waals surface area contributed by atoms with E-state index in [4.69, 9.17) is 27.9 Å². The van der Waals surface area contributed by atoms with E-state index in [1.165, 1.54) is 11.1 Å². The zero-order valence-electron chi connectivity index (χ0n) is 14.7. The minimum Gasteiger partial charge on any atom is -0.365 e. The van der Waals surface area contributed by atoms with Gasteiger partial charge in [-0.25, -0.2) is 0 Å². The van der Waals surface area contributed by atoms with Crippen LogP contribution in [0.1, 0.15) is 68.2 Å². The van der Waals surface area contributed by atoms with Gasteiger partial charge in [-0.3, -0.25) is 0 Å². The predicted molar refractivity (Wildman–Crippen MR) is 102 cm³/mol. The third kappa shape index (κ3) is 2.98. The van der Waals surface area contributed by atoms with Crippen LogP contribution in [0.2, 0.25) is 10.0 Å². The zero-order chi connectivity index (χ0) is 17.5. The number of hydrogen-bond donors (Lipinski definition) is 0. The standard InChI is InChI=1S/C21H24Cl2O/c1-13(2)15-5-7-16(8-6-15)21(9-10-24-21)17-11-18(22)20(14(3)4)19(23)12-17/h5-8,11-14H,9-10H2,1-4H3. The van der Waals surface area contributed by atoms with Crippen molar-refractivity contribution in [2.75, 3.05) is 6.61 Å². The van der Waals surface area contributed by atoms with E-state index in [1.54, 1.807) is 0 Å². The van der Waals surface area contributed by atoms with Gasteiger partial charge < -0.3 is 4.74 Å². The topological polar surface area (TPSA) is 9.23 Å². The molecule has 1 heterocycles. The van der Waals surface area contributed by atoms with E-state index in [-0.39, 0.29) is 0 Å². The minimum absolute atomic E-state index is 0.294. The highest BCUT2D eigenvalue weighted by molar-refractivity contribution is 6.36. The van der Waals surface area contributed by atoms with E-state index in [9.17, 15) is 0 Å². The Morgan fingerprint density at radius 3 is 1.79 bits per heavy atom. The Balaban J connectivity index is 2.05. The van der Waals surface area contributed by atoms with Crippen molar-refractivity contribution in [2.24, 2.45) is 0 Å². The fourth-order valence-corrected chi connectivity index (χ4v) is 4.36. The Morgan fingerprint density at radius 1 is 0.875 bits per heavy atom. The summed E-state index contributed by atoms with van der Waals surface area (Å²) in [6.07, 6.45) is 0.946. The largest absolute Gasteiger partial charge is 0.365 e. The smallest absolute Gasteiger partial charge is 0.120 e. The Morgan fingerprint density at radius 2 is 1.42 bits per heavy atom. The van der Waals surface area contributed by atoms with Crippen LogP contribution >= 0.6 is 23.2 Å². The summed E-state index contributed by atoms with van der Waals surface area (Å²) in [7, 11) is 0. The first-order chi connectivity index (χ1) is 11.3. The summed E-state index contributed by atoms with van der Waals surface area (Å²) < 4.78 is 6.08. The van der Waals surface area contributed by atoms with Gasteiger partial charge in [-0.2, -0.15) is 0 Å². The van der Waals surface area contributed by atoms with E-state index >= 15 is 0 Å². The SMILES string of the molecule is CC(C)c1ccc(C2(c3cc(Cl)c(C(C)C)c(Cl)c3)CCO2)cc1. The second kappa shape index (κ2) is 6.71. The summed E-state index contributed by atoms with van der Waals surface area (Å²) in [6.45, 7) is 9.37. The molecule has 0 spiro atoms. The van der Waals surface area contributed by atoms with Gasteiger partial charge >= 0.3 is 0 Å². The van der Waals surface area contributed by atoms with Gasteiger partial charge in [-0.05, 0) is 46.2 Å². The molecule has 0 aromatic heterocycles. The molecule has 1 aliphatic heterocycles. The summed E-state index contributed by atoms with van der Waals surface area (Å²) in [5.41, 5.74) is 4.14. The number of halogens is 2. The van der Waals surface area contributed by atoms with Gasteiger partial charge in [0.05, 0.1) is 6.61 Å². The molecule has 0 amide bonds. The van der Waals surface area contributed by atoms with E-state index in [1.807, 2.05) is 12.1 Å². The van der Waals surface area contributed by atoms with Crippen LogP contribution in [0.5, 0.6) is 0 Å². The van der Waals surface area contributed by atoms with Crippen molar-refractivity contribution in [3.05, 3.63) is 68.7 Å². The molecule has 1 saturated heterocycles. The van der Waals surface area contributed by atoms with Gasteiger partial charge in [0, 0.05) is 16.5 Å². The minimum atomic E-state index is -0.418. The van der Waals surface area contributed by atoms with Gasteiger partial charge in [0.1, 0.15) is 5.60 Å². The van der Waals surface area contributed by atoms with E-state index < -0.39 is 5.60 Å². The molecule has 1 nitrogen and oxygen atoms in total. The first-order valence-corrected chi connectivity index (χ1v) is 9.34. The average Bonchev–Trinajstić information content (AvgIpc) is 2.45. The average molecular weight is 363 g/mol. The number of rotatable bonds is 4. The van der Waals surface area contributed by atoms with Crippen molar-refractivity contribution in [3.8, 4) is 0 Å². The van der Waals surface area contributed by atoms with Crippen molar-refractivity contribution >= 4 is 23.2 Å². The van der Waals surface area contributed by atoms with Gasteiger partial charge in [0.15, 0.2) is 0 Å². The Kier molecular flexibility index (Phi) is 4.97. The van der Waals surface area contributed by atoms with Crippen molar-refractivity contribution in [1.29, 1.82) is 0 Å². The molecule has 1 atom stereocenters. The summed E-state index contributed by atoms with van der Waals surface area (Å²) in [5.74, 6) is 0.814. The van der Waals surface area contributed by atoms with Crippen molar-refractivity contribution in [1.82, 2.24) is 0 Å². The monoisotopic (exact) mass is 362 g/mol. The second-order valence-electron chi connectivity index (χ2n) is 7.21. The van der Waals surface area contributed by atoms with Gasteiger partial charge in [0.2, 0.25) is 0 Å². The molecule has 2 aromatic carbocycles. The highest BCUT2D eigenvalue weighted by atomic mass is 35.5. The van der Waals surface area contributed by atoms with Crippen LogP contribution in [0.25, 0.3) is 0 Å². The number of benzene rings is 2. The Labute approximate surface area is 154 Å². The summed E-state index contributed by atoms with van der Waals surface area (Å²) in [4.78, 5) is 0. The first-order valence-electron chi connectivity index (χ1n) is 8.59. The first kappa shape index (κ1) is 17.8. The van der Waals surface area contributed by atoms with E-state index in [0.717, 1.165) is 34.2 Å². The maximum Gasteiger partial charge on any atom is 0.120 e. The lowest BCUT2D eigenvalue weighted by Crippen LogP contribution is -2.42. The normalized spacial score (nSPS) is 20.5. The third-order valence-electron chi connectivity index (χ3n) is 4.97. The van der Waals surface area contributed by atoms with Gasteiger partial charge in [-0.1, -0.05) is 75.2 Å². The van der Waals surface area contributed by atoms with Crippen molar-refractivity contribution in [2.45, 2.75) is 51.6 Å². The van der Waals surface area contributed by atoms with Gasteiger partial charge in [0.25, 0.3) is 0 Å². The van der Waals surface area contributed by atoms with Gasteiger partial charge in [-0.15, -0.1) is 0 Å². The zero-order valence-corrected chi connectivity index (χ0v) is 16.2. The van der Waals surface area contributed by atoms with Crippen LogP contribution in [0.15, 0.2) is 36.4 Å². The molecule has 1 fully saturated rings. The highest BCUT2D eigenvalue weighted by Gasteiger charge is 2.42. The molecule has 0 saturated carbocycles. The lowest BCUT2D eigenvalue weighted by atomic mass is 9.79. The maximum atomic E-state index is 6.53. The lowest BCUT2D eigenvalue weighted by molar-refractivity contribution is -0.123. The van der Waals surface area contributed by atoms with Crippen LogP contribution in [0.3, 0.4) is 0 Å². The fourth-order valence-electron chi connectivity index (χ4n) is 3.43. The lowest BCUT2D eigenvalue weighted by Gasteiger charge is -2.43. The Hall–Kier alpha value is -1.02. The van der Waals surface area contributed by atoms with Crippen LogP contribution in [-0.4, -0.2) is 6.61 Å². The van der Waals surface area contributed by atoms with E-state index in [0.29, 0.717) is 11.8 Å². The van der Waals surface area contributed by atoms with Crippen molar-refractivity contribution in [3.63, 3.8) is 0 Å². The molecule has 0 bridgehead atoms. The van der Waals surface area contributed by atoms with E-state index in [2.05, 4.69) is 52.0 Å². The summed E-state index contributed by atoms with van der Waals surface area (Å²) >= 11 is 13.1. The second-order valence-corrected chi connectivity index (χ2v) is 8.02. The molecular formula is C21H24Cl2O. The van der Waals surface area contributed by atoms with Crippen LogP contribution < -0.4 is 0 Å². The molecule has 0 aliphatic carbocycles. The molecule has 24 heavy (non-hydrogen) atoms. The molecule has 128 valence electrons. The third-order valence-corrected chi connectivity index (χ3v) is 5.59. The fraction of sp³-hybridized carbons (Fsp3) is 0.429. The highest BCUT2D eigenvalue weighted by Crippen LogP contribution is 2.46. The van der Waals surface area contributed by atoms with Crippen LogP contribution in [0, 0.1) is 0 Å². The molecule has 0 N–H and O–H groups in total. The van der Waals surface area contributed by atoms with Crippen molar-refractivity contribution < 1.29 is 4.74 Å².